The average molecular weight is 157 g/mol. The van der Waals surface area contributed by atoms with E-state index in [1.807, 2.05) is 19.3 Å². The number of guanidine groups is 1. The van der Waals surface area contributed by atoms with Gasteiger partial charge >= 0.3 is 0 Å². The number of hydrogen-bond acceptors (Lipinski definition) is 2. The number of nitrogens with two attached hydrogens (primary N) is 1. The minimum Gasteiger partial charge on any atom is -0.368 e. The van der Waals surface area contributed by atoms with Gasteiger partial charge in [0.1, 0.15) is 0 Å². The number of aliphatic imine (C=N–C) groups is 1. The van der Waals surface area contributed by atoms with Gasteiger partial charge in [-0.05, 0) is 32.6 Å². The van der Waals surface area contributed by atoms with E-state index >= 15 is 0 Å². The third-order valence-corrected chi connectivity index (χ3v) is 2.10. The summed E-state index contributed by atoms with van der Waals surface area (Å²) in [6.07, 6.45) is 2.43. The minimum absolute atomic E-state index is 0.0990. The summed E-state index contributed by atoms with van der Waals surface area (Å²) in [6.45, 7) is 4.05. The number of nitrogens with zero attached hydrogens (tertiary/aromatic N) is 1. The van der Waals surface area contributed by atoms with E-state index in [1.165, 1.54) is 12.8 Å². The molecule has 4 nitrogen and oxygen atoms in total. The Balaban J connectivity index is 2.56. The predicted molar refractivity (Wildman–Crippen MR) is 43.3 cm³/mol. The lowest BCUT2D eigenvalue weighted by atomic mass is 10.0. The van der Waals surface area contributed by atoms with Crippen LogP contribution in [0.3, 0.4) is 0 Å². The first kappa shape index (κ1) is 8.33. The Bertz CT molecular complexity index is 173. The van der Waals surface area contributed by atoms with Crippen LogP contribution in [-0.4, -0.2) is 16.7 Å². The van der Waals surface area contributed by atoms with E-state index in [1.54, 1.807) is 0 Å². The second-order valence-corrected chi connectivity index (χ2v) is 3.54. The molecular weight excluding hydrogens is 142 g/mol. The molecule has 1 saturated carbocycles. The van der Waals surface area contributed by atoms with Crippen LogP contribution in [0.1, 0.15) is 26.7 Å². The molecule has 0 spiro atoms. The molecule has 1 aliphatic carbocycles. The van der Waals surface area contributed by atoms with E-state index in [0.717, 1.165) is 0 Å². The molecule has 0 aromatic carbocycles. The predicted octanol–water partition coefficient (Wildman–Crippen LogP) is 0.469. The van der Waals surface area contributed by atoms with E-state index in [-0.39, 0.29) is 11.5 Å². The number of hydrogen-bond donors (Lipinski definition) is 3. The summed E-state index contributed by atoms with van der Waals surface area (Å²) in [5, 5.41) is 8.39. The van der Waals surface area contributed by atoms with Crippen LogP contribution in [0, 0.1) is 5.92 Å². The number of nitrogens with one attached hydrogen (secondary N) is 1. The Morgan fingerprint density at radius 2 is 2.18 bits per heavy atom. The molecule has 0 aromatic heterocycles. The van der Waals surface area contributed by atoms with Crippen molar-refractivity contribution in [3.8, 4) is 0 Å². The lowest BCUT2D eigenvalue weighted by Gasteiger charge is -2.19. The monoisotopic (exact) mass is 157 g/mol. The zero-order valence-electron chi connectivity index (χ0n) is 6.96. The Kier molecular flexibility index (Phi) is 2.04. The zero-order valence-corrected chi connectivity index (χ0v) is 6.96. The fourth-order valence-corrected chi connectivity index (χ4v) is 1.22. The minimum atomic E-state index is -0.125. The van der Waals surface area contributed by atoms with E-state index < -0.39 is 0 Å². The molecule has 4 N–H and O–H groups in total. The third-order valence-electron chi connectivity index (χ3n) is 2.10. The van der Waals surface area contributed by atoms with Crippen molar-refractivity contribution in [3.05, 3.63) is 0 Å². The molecule has 1 aliphatic rings. The van der Waals surface area contributed by atoms with E-state index in [9.17, 15) is 0 Å². The van der Waals surface area contributed by atoms with Gasteiger partial charge in [0.25, 0.3) is 0 Å². The van der Waals surface area contributed by atoms with Crippen LogP contribution in [0.25, 0.3) is 0 Å². The van der Waals surface area contributed by atoms with Gasteiger partial charge in [-0.1, -0.05) is 0 Å². The average Bonchev–Trinajstić information content (AvgIpc) is 2.66. The topological polar surface area (TPSA) is 70.6 Å². The Labute approximate surface area is 66.5 Å². The van der Waals surface area contributed by atoms with Gasteiger partial charge in [-0.15, -0.1) is 0 Å². The second-order valence-electron chi connectivity index (χ2n) is 3.54. The molecule has 1 rings (SSSR count). The molecule has 0 aromatic rings. The van der Waals surface area contributed by atoms with Crippen LogP contribution in [0.2, 0.25) is 0 Å². The van der Waals surface area contributed by atoms with Crippen molar-refractivity contribution in [2.75, 3.05) is 0 Å². The maximum absolute atomic E-state index is 8.39. The van der Waals surface area contributed by atoms with Crippen molar-refractivity contribution in [2.24, 2.45) is 16.6 Å². The van der Waals surface area contributed by atoms with Crippen molar-refractivity contribution < 1.29 is 5.21 Å². The highest BCUT2D eigenvalue weighted by molar-refractivity contribution is 5.77. The second kappa shape index (κ2) is 2.70. The van der Waals surface area contributed by atoms with E-state index in [2.05, 4.69) is 4.99 Å². The van der Waals surface area contributed by atoms with Crippen LogP contribution in [0.4, 0.5) is 0 Å². The van der Waals surface area contributed by atoms with Gasteiger partial charge in [0.05, 0.1) is 5.54 Å². The quantitative estimate of drug-likeness (QED) is 0.310. The van der Waals surface area contributed by atoms with Crippen LogP contribution in [-0.2, 0) is 0 Å². The number of rotatable bonds is 2. The summed E-state index contributed by atoms with van der Waals surface area (Å²) in [5.41, 5.74) is 7.02. The maximum Gasteiger partial charge on any atom is 0.213 e. The molecule has 0 radical (unpaired) electrons. The molecule has 11 heavy (non-hydrogen) atoms. The van der Waals surface area contributed by atoms with E-state index in [4.69, 9.17) is 10.9 Å². The van der Waals surface area contributed by atoms with Crippen LogP contribution >= 0.6 is 0 Å². The van der Waals surface area contributed by atoms with Gasteiger partial charge in [0, 0.05) is 0 Å². The normalized spacial score (nSPS) is 20.1. The summed E-state index contributed by atoms with van der Waals surface area (Å²) in [7, 11) is 0. The molecule has 4 heteroatoms. The molecule has 0 aliphatic heterocycles. The molecule has 0 unspecified atom stereocenters. The maximum atomic E-state index is 8.39. The van der Waals surface area contributed by atoms with Crippen molar-refractivity contribution in [2.45, 2.75) is 32.2 Å². The largest absolute Gasteiger partial charge is 0.368 e. The van der Waals surface area contributed by atoms with E-state index in [0.29, 0.717) is 5.92 Å². The van der Waals surface area contributed by atoms with Crippen molar-refractivity contribution in [1.82, 2.24) is 5.48 Å². The zero-order chi connectivity index (χ0) is 8.48. The summed E-state index contributed by atoms with van der Waals surface area (Å²) in [4.78, 5) is 4.12. The summed E-state index contributed by atoms with van der Waals surface area (Å²) in [5.74, 6) is 0.733. The first-order chi connectivity index (χ1) is 5.06. The summed E-state index contributed by atoms with van der Waals surface area (Å²) < 4.78 is 0. The first-order valence-electron chi connectivity index (χ1n) is 3.81. The standard InChI is InChI=1S/C7H15N3O/c1-7(2,5-3-4-5)9-6(8)10-11/h5,11H,3-4H2,1-2H3,(H3,8,9,10). The van der Waals surface area contributed by atoms with Crippen molar-refractivity contribution in [3.63, 3.8) is 0 Å². The van der Waals surface area contributed by atoms with Crippen molar-refractivity contribution >= 4 is 5.96 Å². The van der Waals surface area contributed by atoms with Crippen molar-refractivity contribution in [1.29, 1.82) is 0 Å². The first-order valence-corrected chi connectivity index (χ1v) is 3.81. The Morgan fingerprint density at radius 3 is 2.55 bits per heavy atom. The fraction of sp³-hybridized carbons (Fsp3) is 0.857. The molecular formula is C7H15N3O. The number of hydroxylamine groups is 1. The molecule has 1 fully saturated rings. The molecule has 0 bridgehead atoms. The summed E-state index contributed by atoms with van der Waals surface area (Å²) >= 11 is 0. The van der Waals surface area contributed by atoms with Gasteiger partial charge in [0.15, 0.2) is 0 Å². The van der Waals surface area contributed by atoms with Gasteiger partial charge in [-0.2, -0.15) is 0 Å². The molecule has 64 valence electrons. The smallest absolute Gasteiger partial charge is 0.213 e. The van der Waals surface area contributed by atoms with Gasteiger partial charge in [-0.3, -0.25) is 5.21 Å². The van der Waals surface area contributed by atoms with Crippen LogP contribution in [0.15, 0.2) is 4.99 Å². The van der Waals surface area contributed by atoms with Crippen LogP contribution < -0.4 is 11.2 Å². The highest BCUT2D eigenvalue weighted by Gasteiger charge is 2.37. The lowest BCUT2D eigenvalue weighted by Crippen LogP contribution is -2.33. The third kappa shape index (κ3) is 2.08. The van der Waals surface area contributed by atoms with Gasteiger partial charge in [0.2, 0.25) is 5.96 Å². The Morgan fingerprint density at radius 1 is 1.64 bits per heavy atom. The van der Waals surface area contributed by atoms with Crippen LogP contribution in [0.5, 0.6) is 0 Å². The molecule has 0 saturated heterocycles. The fourth-order valence-electron chi connectivity index (χ4n) is 1.22. The lowest BCUT2D eigenvalue weighted by molar-refractivity contribution is 0.230. The van der Waals surface area contributed by atoms with Gasteiger partial charge in [-0.25, -0.2) is 10.5 Å². The highest BCUT2D eigenvalue weighted by Crippen LogP contribution is 2.41. The van der Waals surface area contributed by atoms with Gasteiger partial charge < -0.3 is 5.73 Å². The SMILES string of the molecule is CC(C)(N=C(N)NO)C1CC1. The molecule has 0 heterocycles. The highest BCUT2D eigenvalue weighted by atomic mass is 16.5. The summed E-state index contributed by atoms with van der Waals surface area (Å²) in [6, 6.07) is 0. The Hall–Kier alpha value is -0.770. The molecule has 0 amide bonds. The molecule has 0 atom stereocenters.